The minimum absolute atomic E-state index is 0.140. The van der Waals surface area contributed by atoms with Crippen LogP contribution in [0.2, 0.25) is 0 Å². The number of ether oxygens (including phenoxy) is 1. The summed E-state index contributed by atoms with van der Waals surface area (Å²) in [6, 6.07) is 0.737. The smallest absolute Gasteiger partial charge is 0.0626 e. The lowest BCUT2D eigenvalue weighted by atomic mass is 10.2. The van der Waals surface area contributed by atoms with Gasteiger partial charge >= 0.3 is 0 Å². The van der Waals surface area contributed by atoms with Gasteiger partial charge in [0.15, 0.2) is 0 Å². The molecule has 1 fully saturated rings. The average molecular weight is 215 g/mol. The van der Waals surface area contributed by atoms with E-state index in [1.54, 1.807) is 7.11 Å². The number of hydrogen-bond donors (Lipinski definition) is 1. The van der Waals surface area contributed by atoms with Crippen LogP contribution in [0.25, 0.3) is 0 Å². The molecular weight excluding hydrogens is 190 g/mol. The normalized spacial score (nSPS) is 27.6. The Hall–Kier alpha value is -0.160. The fourth-order valence-corrected chi connectivity index (χ4v) is 2.26. The first-order valence-electron chi connectivity index (χ1n) is 5.80. The third kappa shape index (κ3) is 4.47. The van der Waals surface area contributed by atoms with E-state index >= 15 is 0 Å². The molecule has 0 radical (unpaired) electrons. The first-order valence-corrected chi connectivity index (χ1v) is 5.80. The van der Waals surface area contributed by atoms with E-state index in [9.17, 15) is 0 Å². The molecule has 0 spiro atoms. The molecule has 90 valence electrons. The van der Waals surface area contributed by atoms with Gasteiger partial charge in [0.1, 0.15) is 0 Å². The largest absolute Gasteiger partial charge is 0.383 e. The van der Waals surface area contributed by atoms with Gasteiger partial charge < -0.3 is 15.4 Å². The number of likely N-dealkylation sites (N-methyl/N-ethyl adjacent to an activating group) is 1. The third-order valence-electron chi connectivity index (χ3n) is 3.03. The van der Waals surface area contributed by atoms with Crippen LogP contribution < -0.4 is 5.73 Å². The Labute approximate surface area is 93.4 Å². The van der Waals surface area contributed by atoms with Gasteiger partial charge in [0, 0.05) is 32.3 Å². The summed E-state index contributed by atoms with van der Waals surface area (Å²) in [4.78, 5) is 4.87. The Balaban J connectivity index is 2.38. The number of hydrogen-bond acceptors (Lipinski definition) is 4. The zero-order chi connectivity index (χ0) is 11.3. The Bertz CT molecular complexity index is 177. The Morgan fingerprint density at radius 1 is 1.47 bits per heavy atom. The van der Waals surface area contributed by atoms with Crippen LogP contribution in [0, 0.1) is 0 Å². The molecule has 2 N–H and O–H groups in total. The van der Waals surface area contributed by atoms with E-state index in [1.165, 1.54) is 13.0 Å². The Morgan fingerprint density at radius 3 is 2.87 bits per heavy atom. The molecule has 2 unspecified atom stereocenters. The molecule has 0 aromatic carbocycles. The molecule has 0 saturated carbocycles. The van der Waals surface area contributed by atoms with E-state index in [0.29, 0.717) is 12.6 Å². The van der Waals surface area contributed by atoms with Crippen molar-refractivity contribution in [1.29, 1.82) is 0 Å². The summed E-state index contributed by atoms with van der Waals surface area (Å²) in [5.41, 5.74) is 5.98. The summed E-state index contributed by atoms with van der Waals surface area (Å²) >= 11 is 0. The predicted molar refractivity (Wildman–Crippen MR) is 63.0 cm³/mol. The molecule has 4 heteroatoms. The molecule has 2 atom stereocenters. The van der Waals surface area contributed by atoms with Gasteiger partial charge in [-0.3, -0.25) is 4.90 Å². The Morgan fingerprint density at radius 2 is 2.20 bits per heavy atom. The molecule has 0 aromatic heterocycles. The zero-order valence-corrected chi connectivity index (χ0v) is 10.3. The number of nitrogens with zero attached hydrogens (tertiary/aromatic N) is 2. The molecule has 1 heterocycles. The number of methoxy groups -OCH3 is 1. The van der Waals surface area contributed by atoms with Crippen LogP contribution in [-0.4, -0.2) is 68.8 Å². The topological polar surface area (TPSA) is 41.7 Å². The average Bonchev–Trinajstić information content (AvgIpc) is 2.29. The van der Waals surface area contributed by atoms with Crippen LogP contribution in [0.15, 0.2) is 0 Å². The van der Waals surface area contributed by atoms with E-state index in [4.69, 9.17) is 10.5 Å². The standard InChI is InChI=1S/C11H25N3O/c1-10-7-13(2)5-4-6-14(10)8-11(12)9-15-3/h10-11H,4-9,12H2,1-3H3. The second kappa shape index (κ2) is 6.43. The maximum absolute atomic E-state index is 5.98. The van der Waals surface area contributed by atoms with Crippen molar-refractivity contribution in [2.45, 2.75) is 25.4 Å². The summed E-state index contributed by atoms with van der Waals surface area (Å²) in [6.45, 7) is 7.37. The van der Waals surface area contributed by atoms with Crippen LogP contribution in [0.1, 0.15) is 13.3 Å². The highest BCUT2D eigenvalue weighted by atomic mass is 16.5. The fourth-order valence-electron chi connectivity index (χ4n) is 2.26. The molecule has 0 bridgehead atoms. The molecule has 15 heavy (non-hydrogen) atoms. The molecule has 1 aliphatic heterocycles. The van der Waals surface area contributed by atoms with Gasteiger partial charge in [0.25, 0.3) is 0 Å². The first kappa shape index (κ1) is 12.9. The zero-order valence-electron chi connectivity index (χ0n) is 10.3. The van der Waals surface area contributed by atoms with Crippen molar-refractivity contribution in [2.24, 2.45) is 5.73 Å². The summed E-state index contributed by atoms with van der Waals surface area (Å²) < 4.78 is 5.07. The van der Waals surface area contributed by atoms with Gasteiger partial charge in [0.2, 0.25) is 0 Å². The van der Waals surface area contributed by atoms with Gasteiger partial charge in [-0.05, 0) is 33.5 Å². The fraction of sp³-hybridized carbons (Fsp3) is 1.00. The van der Waals surface area contributed by atoms with E-state index in [1.807, 2.05) is 0 Å². The lowest BCUT2D eigenvalue weighted by Crippen LogP contribution is -2.46. The highest BCUT2D eigenvalue weighted by Crippen LogP contribution is 2.08. The van der Waals surface area contributed by atoms with Crippen LogP contribution in [-0.2, 0) is 4.74 Å². The highest BCUT2D eigenvalue weighted by Gasteiger charge is 2.20. The maximum atomic E-state index is 5.98. The van der Waals surface area contributed by atoms with E-state index in [-0.39, 0.29) is 6.04 Å². The predicted octanol–water partition coefficient (Wildman–Crippen LogP) is -0.0139. The molecule has 1 saturated heterocycles. The summed E-state index contributed by atoms with van der Waals surface area (Å²) in [5, 5.41) is 0. The third-order valence-corrected chi connectivity index (χ3v) is 3.03. The molecule has 0 aliphatic carbocycles. The summed E-state index contributed by atoms with van der Waals surface area (Å²) in [6.07, 6.45) is 1.24. The van der Waals surface area contributed by atoms with Crippen molar-refractivity contribution in [1.82, 2.24) is 9.80 Å². The van der Waals surface area contributed by atoms with Gasteiger partial charge in [-0.25, -0.2) is 0 Å². The van der Waals surface area contributed by atoms with Gasteiger partial charge in [-0.1, -0.05) is 0 Å². The SMILES string of the molecule is COCC(N)CN1CCCN(C)CC1C. The Kier molecular flexibility index (Phi) is 5.53. The monoisotopic (exact) mass is 215 g/mol. The first-order chi connectivity index (χ1) is 7.13. The van der Waals surface area contributed by atoms with Crippen LogP contribution in [0.4, 0.5) is 0 Å². The molecule has 0 amide bonds. The molecule has 4 nitrogen and oxygen atoms in total. The van der Waals surface area contributed by atoms with Crippen molar-refractivity contribution in [2.75, 3.05) is 46.9 Å². The van der Waals surface area contributed by atoms with Crippen molar-refractivity contribution < 1.29 is 4.74 Å². The minimum atomic E-state index is 0.140. The molecular formula is C11H25N3O. The molecule has 0 aromatic rings. The highest BCUT2D eigenvalue weighted by molar-refractivity contribution is 4.78. The van der Waals surface area contributed by atoms with Crippen LogP contribution in [0.3, 0.4) is 0 Å². The second-order valence-corrected chi connectivity index (χ2v) is 4.68. The van der Waals surface area contributed by atoms with Crippen molar-refractivity contribution >= 4 is 0 Å². The summed E-state index contributed by atoms with van der Waals surface area (Å²) in [7, 11) is 3.90. The van der Waals surface area contributed by atoms with Crippen molar-refractivity contribution in [3.8, 4) is 0 Å². The van der Waals surface area contributed by atoms with Crippen LogP contribution in [0.5, 0.6) is 0 Å². The second-order valence-electron chi connectivity index (χ2n) is 4.68. The van der Waals surface area contributed by atoms with E-state index < -0.39 is 0 Å². The van der Waals surface area contributed by atoms with E-state index in [2.05, 4.69) is 23.8 Å². The molecule has 1 aliphatic rings. The van der Waals surface area contributed by atoms with Crippen molar-refractivity contribution in [3.05, 3.63) is 0 Å². The van der Waals surface area contributed by atoms with E-state index in [0.717, 1.165) is 19.6 Å². The number of nitrogens with two attached hydrogens (primary N) is 1. The quantitative estimate of drug-likeness (QED) is 0.716. The van der Waals surface area contributed by atoms with Crippen LogP contribution >= 0.6 is 0 Å². The lowest BCUT2D eigenvalue weighted by Gasteiger charge is -2.29. The van der Waals surface area contributed by atoms with Crippen molar-refractivity contribution in [3.63, 3.8) is 0 Å². The maximum Gasteiger partial charge on any atom is 0.0626 e. The number of rotatable bonds is 4. The lowest BCUT2D eigenvalue weighted by molar-refractivity contribution is 0.136. The minimum Gasteiger partial charge on any atom is -0.383 e. The van der Waals surface area contributed by atoms with Gasteiger partial charge in [-0.15, -0.1) is 0 Å². The van der Waals surface area contributed by atoms with Gasteiger partial charge in [0.05, 0.1) is 6.61 Å². The summed E-state index contributed by atoms with van der Waals surface area (Å²) in [5.74, 6) is 0. The molecule has 1 rings (SSSR count). The van der Waals surface area contributed by atoms with Gasteiger partial charge in [-0.2, -0.15) is 0 Å².